The fourth-order valence-corrected chi connectivity index (χ4v) is 4.45. The predicted octanol–water partition coefficient (Wildman–Crippen LogP) is 1.67. The Hall–Kier alpha value is -0.910. The van der Waals surface area contributed by atoms with Crippen LogP contribution in [-0.4, -0.2) is 43.1 Å². The lowest BCUT2D eigenvalue weighted by Crippen LogP contribution is -2.31. The Morgan fingerprint density at radius 1 is 1.40 bits per heavy atom. The SMILES string of the molecule is CNC1c2cc(OC)ccc2CC1S(=O)CCCOC. The molecule has 20 heavy (non-hydrogen) atoms. The summed E-state index contributed by atoms with van der Waals surface area (Å²) in [5.41, 5.74) is 2.49. The molecule has 4 nitrogen and oxygen atoms in total. The molecule has 1 aromatic carbocycles. The summed E-state index contributed by atoms with van der Waals surface area (Å²) in [5, 5.41) is 3.45. The fraction of sp³-hybridized carbons (Fsp3) is 0.600. The molecule has 1 aliphatic carbocycles. The maximum Gasteiger partial charge on any atom is 0.119 e. The number of methoxy groups -OCH3 is 2. The van der Waals surface area contributed by atoms with Crippen LogP contribution in [0.5, 0.6) is 5.75 Å². The minimum Gasteiger partial charge on any atom is -0.497 e. The number of ether oxygens (including phenoxy) is 2. The molecule has 1 aromatic rings. The van der Waals surface area contributed by atoms with Crippen molar-refractivity contribution in [3.8, 4) is 5.75 Å². The standard InChI is InChI=1S/C15H23NO3S/c1-16-15-13-10-12(19-3)6-5-11(13)9-14(15)20(17)8-4-7-18-2/h5-6,10,14-16H,4,7-9H2,1-3H3. The third-order valence-electron chi connectivity index (χ3n) is 3.82. The number of nitrogens with one attached hydrogen (secondary N) is 1. The third kappa shape index (κ3) is 3.22. The van der Waals surface area contributed by atoms with Crippen LogP contribution in [0.25, 0.3) is 0 Å². The Morgan fingerprint density at radius 2 is 2.20 bits per heavy atom. The van der Waals surface area contributed by atoms with Gasteiger partial charge in [-0.1, -0.05) is 6.07 Å². The number of hydrogen-bond donors (Lipinski definition) is 1. The number of hydrogen-bond acceptors (Lipinski definition) is 4. The summed E-state index contributed by atoms with van der Waals surface area (Å²) in [6.07, 6.45) is 1.71. The molecule has 0 aromatic heterocycles. The maximum atomic E-state index is 12.5. The zero-order chi connectivity index (χ0) is 14.5. The highest BCUT2D eigenvalue weighted by atomic mass is 32.2. The molecular weight excluding hydrogens is 274 g/mol. The van der Waals surface area contributed by atoms with Crippen molar-refractivity contribution < 1.29 is 13.7 Å². The zero-order valence-electron chi connectivity index (χ0n) is 12.3. The zero-order valence-corrected chi connectivity index (χ0v) is 13.2. The molecular formula is C15H23NO3S. The van der Waals surface area contributed by atoms with Crippen LogP contribution < -0.4 is 10.1 Å². The van der Waals surface area contributed by atoms with Gasteiger partial charge < -0.3 is 14.8 Å². The summed E-state index contributed by atoms with van der Waals surface area (Å²) < 4.78 is 22.8. The molecule has 5 heteroatoms. The quantitative estimate of drug-likeness (QED) is 0.778. The van der Waals surface area contributed by atoms with Crippen LogP contribution in [0.1, 0.15) is 23.6 Å². The van der Waals surface area contributed by atoms with Crippen molar-refractivity contribution >= 4 is 10.8 Å². The molecule has 0 amide bonds. The first-order valence-electron chi connectivity index (χ1n) is 6.91. The first-order chi connectivity index (χ1) is 9.71. The first-order valence-corrected chi connectivity index (χ1v) is 8.29. The summed E-state index contributed by atoms with van der Waals surface area (Å²) in [6, 6.07) is 6.26. The Morgan fingerprint density at radius 3 is 2.85 bits per heavy atom. The van der Waals surface area contributed by atoms with Crippen LogP contribution in [0.2, 0.25) is 0 Å². The van der Waals surface area contributed by atoms with Crippen molar-refractivity contribution in [1.82, 2.24) is 5.32 Å². The Kier molecular flexibility index (Phi) is 5.57. The van der Waals surface area contributed by atoms with E-state index in [-0.39, 0.29) is 11.3 Å². The van der Waals surface area contributed by atoms with E-state index in [1.54, 1.807) is 14.2 Å². The van der Waals surface area contributed by atoms with Crippen LogP contribution in [0, 0.1) is 0 Å². The van der Waals surface area contributed by atoms with E-state index in [9.17, 15) is 4.21 Å². The molecule has 1 N–H and O–H groups in total. The molecule has 3 atom stereocenters. The maximum absolute atomic E-state index is 12.5. The van der Waals surface area contributed by atoms with Gasteiger partial charge in [0.2, 0.25) is 0 Å². The molecule has 112 valence electrons. The lowest BCUT2D eigenvalue weighted by Gasteiger charge is -2.19. The van der Waals surface area contributed by atoms with Crippen molar-refractivity contribution in [3.63, 3.8) is 0 Å². The average molecular weight is 297 g/mol. The average Bonchev–Trinajstić information content (AvgIpc) is 2.84. The first kappa shape index (κ1) is 15.5. The number of rotatable bonds is 7. The minimum atomic E-state index is -0.845. The molecule has 1 aliphatic rings. The normalized spacial score (nSPS) is 22.6. The van der Waals surface area contributed by atoms with Gasteiger partial charge in [-0.25, -0.2) is 0 Å². The predicted molar refractivity (Wildman–Crippen MR) is 81.8 cm³/mol. The van der Waals surface area contributed by atoms with Crippen LogP contribution in [0.4, 0.5) is 0 Å². The van der Waals surface area contributed by atoms with Gasteiger partial charge in [-0.2, -0.15) is 0 Å². The molecule has 0 radical (unpaired) electrons. The van der Waals surface area contributed by atoms with Crippen LogP contribution >= 0.6 is 0 Å². The van der Waals surface area contributed by atoms with Gasteiger partial charge >= 0.3 is 0 Å². The molecule has 3 unspecified atom stereocenters. The van der Waals surface area contributed by atoms with E-state index in [0.717, 1.165) is 18.6 Å². The smallest absolute Gasteiger partial charge is 0.119 e. The molecule has 0 spiro atoms. The highest BCUT2D eigenvalue weighted by molar-refractivity contribution is 7.85. The van der Waals surface area contributed by atoms with E-state index < -0.39 is 10.8 Å². The second kappa shape index (κ2) is 7.20. The van der Waals surface area contributed by atoms with E-state index in [1.165, 1.54) is 11.1 Å². The van der Waals surface area contributed by atoms with Gasteiger partial charge in [0, 0.05) is 36.3 Å². The molecule has 0 saturated heterocycles. The van der Waals surface area contributed by atoms with Crippen LogP contribution in [0.3, 0.4) is 0 Å². The fourth-order valence-electron chi connectivity index (χ4n) is 2.79. The second-order valence-corrected chi connectivity index (χ2v) is 6.78. The summed E-state index contributed by atoms with van der Waals surface area (Å²) in [6.45, 7) is 0.670. The van der Waals surface area contributed by atoms with Crippen molar-refractivity contribution in [3.05, 3.63) is 29.3 Å². The van der Waals surface area contributed by atoms with E-state index in [4.69, 9.17) is 9.47 Å². The largest absolute Gasteiger partial charge is 0.497 e. The van der Waals surface area contributed by atoms with Crippen molar-refractivity contribution in [2.45, 2.75) is 24.1 Å². The number of fused-ring (bicyclic) bond motifs is 1. The monoisotopic (exact) mass is 297 g/mol. The van der Waals surface area contributed by atoms with E-state index in [1.807, 2.05) is 13.1 Å². The van der Waals surface area contributed by atoms with E-state index in [2.05, 4.69) is 17.4 Å². The van der Waals surface area contributed by atoms with Crippen LogP contribution in [-0.2, 0) is 22.0 Å². The van der Waals surface area contributed by atoms with E-state index >= 15 is 0 Å². The Labute approximate surface area is 123 Å². The van der Waals surface area contributed by atoms with Crippen molar-refractivity contribution in [2.75, 3.05) is 33.6 Å². The van der Waals surface area contributed by atoms with Gasteiger partial charge in [0.25, 0.3) is 0 Å². The van der Waals surface area contributed by atoms with Gasteiger partial charge in [0.05, 0.1) is 12.4 Å². The van der Waals surface area contributed by atoms with Gasteiger partial charge in [0.15, 0.2) is 0 Å². The summed E-state index contributed by atoms with van der Waals surface area (Å²) >= 11 is 0. The Balaban J connectivity index is 2.12. The summed E-state index contributed by atoms with van der Waals surface area (Å²) in [4.78, 5) is 0. The molecule has 2 rings (SSSR count). The summed E-state index contributed by atoms with van der Waals surface area (Å²) in [5.74, 6) is 1.55. The highest BCUT2D eigenvalue weighted by Crippen LogP contribution is 2.36. The lowest BCUT2D eigenvalue weighted by atomic mass is 10.1. The van der Waals surface area contributed by atoms with Crippen LogP contribution in [0.15, 0.2) is 18.2 Å². The second-order valence-electron chi connectivity index (χ2n) is 5.00. The van der Waals surface area contributed by atoms with Gasteiger partial charge in [-0.05, 0) is 43.1 Å². The number of benzene rings is 1. The van der Waals surface area contributed by atoms with Gasteiger partial charge in [-0.3, -0.25) is 4.21 Å². The van der Waals surface area contributed by atoms with Gasteiger partial charge in [0.1, 0.15) is 5.75 Å². The minimum absolute atomic E-state index is 0.138. The highest BCUT2D eigenvalue weighted by Gasteiger charge is 2.35. The third-order valence-corrected chi connectivity index (χ3v) is 5.63. The van der Waals surface area contributed by atoms with Crippen molar-refractivity contribution in [1.29, 1.82) is 0 Å². The van der Waals surface area contributed by atoms with Crippen molar-refractivity contribution in [2.24, 2.45) is 0 Å². The molecule has 0 bridgehead atoms. The van der Waals surface area contributed by atoms with E-state index in [0.29, 0.717) is 12.4 Å². The lowest BCUT2D eigenvalue weighted by molar-refractivity contribution is 0.200. The molecule has 0 saturated carbocycles. The Bertz CT molecular complexity index is 478. The molecule has 0 fully saturated rings. The molecule has 0 heterocycles. The summed E-state index contributed by atoms with van der Waals surface area (Å²) in [7, 11) is 4.43. The van der Waals surface area contributed by atoms with Gasteiger partial charge in [-0.15, -0.1) is 0 Å². The topological polar surface area (TPSA) is 47.6 Å². The molecule has 0 aliphatic heterocycles.